The lowest BCUT2D eigenvalue weighted by molar-refractivity contribution is 0.0526. The predicted molar refractivity (Wildman–Crippen MR) is 102 cm³/mol. The van der Waals surface area contributed by atoms with Crippen LogP contribution in [0.3, 0.4) is 0 Å². The minimum Gasteiger partial charge on any atom is -0.462 e. The lowest BCUT2D eigenvalue weighted by Crippen LogP contribution is -2.14. The molecule has 1 heterocycles. The van der Waals surface area contributed by atoms with Crippen LogP contribution in [0.2, 0.25) is 0 Å². The van der Waals surface area contributed by atoms with Crippen LogP contribution in [0.15, 0.2) is 66.0 Å². The van der Waals surface area contributed by atoms with Gasteiger partial charge in [0.25, 0.3) is 0 Å². The number of hydrogen-bond donors (Lipinski definition) is 0. The molecule has 0 amide bonds. The second-order valence-corrected chi connectivity index (χ2v) is 6.43. The topological polar surface area (TPSA) is 69.7 Å². The number of ketones is 1. The molecule has 0 aliphatic heterocycles. The minimum atomic E-state index is -0.639. The van der Waals surface area contributed by atoms with E-state index in [0.29, 0.717) is 10.4 Å². The van der Waals surface area contributed by atoms with E-state index in [9.17, 15) is 14.4 Å². The van der Waals surface area contributed by atoms with Crippen LogP contribution >= 0.6 is 11.3 Å². The van der Waals surface area contributed by atoms with Crippen LogP contribution in [-0.2, 0) is 4.74 Å². The van der Waals surface area contributed by atoms with Crippen LogP contribution in [0.4, 0.5) is 0 Å². The Morgan fingerprint density at radius 2 is 1.56 bits per heavy atom. The quantitative estimate of drug-likeness (QED) is 0.361. The number of hydrogen-bond acceptors (Lipinski definition) is 6. The number of esters is 2. The molecule has 0 atom stereocenters. The van der Waals surface area contributed by atoms with Gasteiger partial charge in [-0.25, -0.2) is 9.59 Å². The van der Waals surface area contributed by atoms with Gasteiger partial charge in [-0.15, -0.1) is 11.3 Å². The van der Waals surface area contributed by atoms with Gasteiger partial charge in [-0.2, -0.15) is 0 Å². The van der Waals surface area contributed by atoms with Crippen LogP contribution in [0.1, 0.15) is 42.9 Å². The van der Waals surface area contributed by atoms with Crippen molar-refractivity contribution >= 4 is 29.1 Å². The molecule has 0 bridgehead atoms. The van der Waals surface area contributed by atoms with Gasteiger partial charge in [-0.05, 0) is 48.7 Å². The first-order valence-corrected chi connectivity index (χ1v) is 9.14. The maximum atomic E-state index is 12.6. The monoisotopic (exact) mass is 380 g/mol. The first-order chi connectivity index (χ1) is 13.1. The fraction of sp³-hybridized carbons (Fsp3) is 0.0952. The van der Waals surface area contributed by atoms with E-state index < -0.39 is 11.9 Å². The average molecular weight is 380 g/mol. The third-order valence-corrected chi connectivity index (χ3v) is 4.58. The van der Waals surface area contributed by atoms with Crippen molar-refractivity contribution in [2.45, 2.75) is 6.92 Å². The summed E-state index contributed by atoms with van der Waals surface area (Å²) in [5.74, 6) is -1.04. The van der Waals surface area contributed by atoms with Crippen molar-refractivity contribution in [3.63, 3.8) is 0 Å². The molecule has 0 unspecified atom stereocenters. The van der Waals surface area contributed by atoms with Gasteiger partial charge in [0.05, 0.1) is 22.6 Å². The highest BCUT2D eigenvalue weighted by Crippen LogP contribution is 2.21. The van der Waals surface area contributed by atoms with Crippen molar-refractivity contribution in [3.05, 3.63) is 87.6 Å². The van der Waals surface area contributed by atoms with E-state index >= 15 is 0 Å². The van der Waals surface area contributed by atoms with Crippen LogP contribution < -0.4 is 4.74 Å². The molecule has 0 saturated heterocycles. The molecular formula is C21H16O5S. The van der Waals surface area contributed by atoms with Gasteiger partial charge < -0.3 is 9.47 Å². The van der Waals surface area contributed by atoms with Gasteiger partial charge in [0.2, 0.25) is 5.78 Å². The Kier molecular flexibility index (Phi) is 5.78. The highest BCUT2D eigenvalue weighted by atomic mass is 32.1. The van der Waals surface area contributed by atoms with Gasteiger partial charge in [-0.3, -0.25) is 4.79 Å². The smallest absolute Gasteiger partial charge is 0.344 e. The van der Waals surface area contributed by atoms with Crippen molar-refractivity contribution in [2.75, 3.05) is 6.61 Å². The molecule has 2 aromatic carbocycles. The number of carbonyl (C=O) groups is 3. The van der Waals surface area contributed by atoms with Crippen molar-refractivity contribution in [1.29, 1.82) is 0 Å². The van der Waals surface area contributed by atoms with Gasteiger partial charge in [0.1, 0.15) is 5.75 Å². The summed E-state index contributed by atoms with van der Waals surface area (Å²) in [7, 11) is 0. The van der Waals surface area contributed by atoms with Crippen molar-refractivity contribution < 1.29 is 23.9 Å². The van der Waals surface area contributed by atoms with Crippen LogP contribution in [0.25, 0.3) is 0 Å². The summed E-state index contributed by atoms with van der Waals surface area (Å²) >= 11 is 1.31. The summed E-state index contributed by atoms with van der Waals surface area (Å²) in [5.41, 5.74) is 0.836. The molecule has 0 fully saturated rings. The number of thiophene rings is 1. The Balaban J connectivity index is 1.79. The van der Waals surface area contributed by atoms with Crippen molar-refractivity contribution in [1.82, 2.24) is 0 Å². The molecular weight excluding hydrogens is 364 g/mol. The summed E-state index contributed by atoms with van der Waals surface area (Å²) < 4.78 is 10.3. The Bertz CT molecular complexity index is 959. The van der Waals surface area contributed by atoms with E-state index in [1.807, 2.05) is 0 Å². The van der Waals surface area contributed by atoms with E-state index in [-0.39, 0.29) is 29.3 Å². The number of rotatable bonds is 6. The Morgan fingerprint density at radius 3 is 2.19 bits per heavy atom. The fourth-order valence-corrected chi connectivity index (χ4v) is 3.11. The predicted octanol–water partition coefficient (Wildman–Crippen LogP) is 4.38. The van der Waals surface area contributed by atoms with Gasteiger partial charge in [0.15, 0.2) is 0 Å². The zero-order chi connectivity index (χ0) is 19.2. The minimum absolute atomic E-state index is 0.186. The van der Waals surface area contributed by atoms with E-state index in [2.05, 4.69) is 0 Å². The lowest BCUT2D eigenvalue weighted by Gasteiger charge is -2.09. The molecule has 1 aromatic heterocycles. The molecule has 5 nitrogen and oxygen atoms in total. The second kappa shape index (κ2) is 8.42. The number of benzene rings is 2. The first kappa shape index (κ1) is 18.5. The molecule has 0 aliphatic rings. The summed E-state index contributed by atoms with van der Waals surface area (Å²) in [4.78, 5) is 37.4. The van der Waals surface area contributed by atoms with E-state index in [4.69, 9.17) is 9.47 Å². The van der Waals surface area contributed by atoms with E-state index in [0.717, 1.165) is 0 Å². The Morgan fingerprint density at radius 1 is 0.852 bits per heavy atom. The van der Waals surface area contributed by atoms with Crippen LogP contribution in [-0.4, -0.2) is 24.3 Å². The zero-order valence-electron chi connectivity index (χ0n) is 14.5. The molecule has 0 N–H and O–H groups in total. The maximum absolute atomic E-state index is 12.6. The third kappa shape index (κ3) is 4.30. The second-order valence-electron chi connectivity index (χ2n) is 5.49. The SMILES string of the molecule is CCOC(=O)c1ccc(OC(=O)c2ccccc2C(=O)c2cccs2)cc1. The van der Waals surface area contributed by atoms with Crippen molar-refractivity contribution in [2.24, 2.45) is 0 Å². The molecule has 0 aliphatic carbocycles. The number of carbonyl (C=O) groups excluding carboxylic acids is 3. The zero-order valence-corrected chi connectivity index (χ0v) is 15.3. The lowest BCUT2D eigenvalue weighted by atomic mass is 10.0. The van der Waals surface area contributed by atoms with Gasteiger partial charge >= 0.3 is 11.9 Å². The third-order valence-electron chi connectivity index (χ3n) is 3.71. The van der Waals surface area contributed by atoms with E-state index in [1.54, 1.807) is 48.7 Å². The normalized spacial score (nSPS) is 10.3. The summed E-state index contributed by atoms with van der Waals surface area (Å²) in [5, 5.41) is 1.80. The molecule has 27 heavy (non-hydrogen) atoms. The molecule has 3 aromatic rings. The standard InChI is InChI=1S/C21H16O5S/c1-2-25-20(23)14-9-11-15(12-10-14)26-21(24)17-7-4-3-6-16(17)19(22)18-8-5-13-27-18/h3-13H,2H2,1H3. The summed E-state index contributed by atoms with van der Waals surface area (Å²) in [6.45, 7) is 2.01. The Hall–Kier alpha value is -3.25. The molecule has 0 radical (unpaired) electrons. The van der Waals surface area contributed by atoms with Gasteiger partial charge in [-0.1, -0.05) is 24.3 Å². The van der Waals surface area contributed by atoms with Crippen molar-refractivity contribution in [3.8, 4) is 5.75 Å². The largest absolute Gasteiger partial charge is 0.462 e. The summed E-state index contributed by atoms with van der Waals surface area (Å²) in [6, 6.07) is 16.1. The molecule has 3 rings (SSSR count). The Labute approximate surface area is 160 Å². The highest BCUT2D eigenvalue weighted by molar-refractivity contribution is 7.12. The summed E-state index contributed by atoms with van der Waals surface area (Å²) in [6.07, 6.45) is 0. The number of ether oxygens (including phenoxy) is 2. The highest BCUT2D eigenvalue weighted by Gasteiger charge is 2.20. The first-order valence-electron chi connectivity index (χ1n) is 8.26. The molecule has 6 heteroatoms. The molecule has 0 saturated carbocycles. The van der Waals surface area contributed by atoms with Crippen LogP contribution in [0.5, 0.6) is 5.75 Å². The molecule has 136 valence electrons. The maximum Gasteiger partial charge on any atom is 0.344 e. The van der Waals surface area contributed by atoms with Crippen LogP contribution in [0, 0.1) is 0 Å². The molecule has 0 spiro atoms. The van der Waals surface area contributed by atoms with Gasteiger partial charge in [0, 0.05) is 5.56 Å². The average Bonchev–Trinajstić information content (AvgIpc) is 3.23. The van der Waals surface area contributed by atoms with E-state index in [1.165, 1.54) is 35.6 Å². The fourth-order valence-electron chi connectivity index (χ4n) is 2.44.